The molecule has 1 saturated heterocycles. The maximum absolute atomic E-state index is 10.0. The van der Waals surface area contributed by atoms with Crippen LogP contribution in [0.3, 0.4) is 0 Å². The van der Waals surface area contributed by atoms with Crippen LogP contribution >= 0.6 is 0 Å². The molecular formula is C16H24O3. The first-order chi connectivity index (χ1) is 9.28. The second-order valence-corrected chi connectivity index (χ2v) is 5.27. The number of aliphatic hydroxyl groups is 1. The summed E-state index contributed by atoms with van der Waals surface area (Å²) in [4.78, 5) is 0. The van der Waals surface area contributed by atoms with Gasteiger partial charge < -0.3 is 14.6 Å². The van der Waals surface area contributed by atoms with E-state index in [1.807, 2.05) is 24.3 Å². The lowest BCUT2D eigenvalue weighted by atomic mass is 10.0. The first-order valence-corrected chi connectivity index (χ1v) is 7.20. The zero-order chi connectivity index (χ0) is 13.5. The smallest absolute Gasteiger partial charge is 0.118 e. The average Bonchev–Trinajstić information content (AvgIpc) is 2.93. The molecule has 19 heavy (non-hydrogen) atoms. The fourth-order valence-electron chi connectivity index (χ4n) is 2.59. The van der Waals surface area contributed by atoms with Crippen molar-refractivity contribution < 1.29 is 14.6 Å². The lowest BCUT2D eigenvalue weighted by molar-refractivity contribution is 0.0945. The third-order valence-electron chi connectivity index (χ3n) is 3.72. The molecule has 1 heterocycles. The van der Waals surface area contributed by atoms with Crippen molar-refractivity contribution in [2.75, 3.05) is 13.7 Å². The van der Waals surface area contributed by atoms with Crippen molar-refractivity contribution in [1.29, 1.82) is 0 Å². The van der Waals surface area contributed by atoms with E-state index in [9.17, 15) is 5.11 Å². The fraction of sp³-hybridized carbons (Fsp3) is 0.625. The zero-order valence-corrected chi connectivity index (χ0v) is 11.7. The molecule has 2 rings (SSSR count). The highest BCUT2D eigenvalue weighted by molar-refractivity contribution is 5.27. The van der Waals surface area contributed by atoms with Gasteiger partial charge in [0.1, 0.15) is 5.75 Å². The summed E-state index contributed by atoms with van der Waals surface area (Å²) in [6.07, 6.45) is 6.26. The Morgan fingerprint density at radius 2 is 2.16 bits per heavy atom. The minimum absolute atomic E-state index is 0.255. The molecule has 1 aliphatic rings. The minimum atomic E-state index is -0.255. The van der Waals surface area contributed by atoms with Crippen LogP contribution < -0.4 is 4.74 Å². The van der Waals surface area contributed by atoms with E-state index in [1.54, 1.807) is 7.11 Å². The first kappa shape index (κ1) is 14.4. The highest BCUT2D eigenvalue weighted by Crippen LogP contribution is 2.19. The summed E-state index contributed by atoms with van der Waals surface area (Å²) in [5.74, 6) is 0.858. The lowest BCUT2D eigenvalue weighted by Crippen LogP contribution is -2.12. The Bertz CT molecular complexity index is 355. The van der Waals surface area contributed by atoms with Gasteiger partial charge in [-0.1, -0.05) is 12.1 Å². The van der Waals surface area contributed by atoms with Crippen molar-refractivity contribution in [3.8, 4) is 5.75 Å². The zero-order valence-electron chi connectivity index (χ0n) is 11.7. The van der Waals surface area contributed by atoms with E-state index in [4.69, 9.17) is 9.47 Å². The summed E-state index contributed by atoms with van der Waals surface area (Å²) in [5.41, 5.74) is 1.16. The number of ether oxygens (including phenoxy) is 2. The maximum atomic E-state index is 10.0. The van der Waals surface area contributed by atoms with E-state index in [1.165, 1.54) is 12.8 Å². The molecule has 1 aromatic carbocycles. The third kappa shape index (κ3) is 4.84. The maximum Gasteiger partial charge on any atom is 0.118 e. The SMILES string of the molecule is COc1ccc(CC(O)CCCC2CCCO2)cc1. The highest BCUT2D eigenvalue weighted by atomic mass is 16.5. The Kier molecular flexibility index (Phi) is 5.67. The van der Waals surface area contributed by atoms with Crippen molar-refractivity contribution in [2.24, 2.45) is 0 Å². The molecule has 0 aromatic heterocycles. The van der Waals surface area contributed by atoms with E-state index in [-0.39, 0.29) is 6.10 Å². The van der Waals surface area contributed by atoms with Crippen LogP contribution in [0.5, 0.6) is 5.75 Å². The van der Waals surface area contributed by atoms with E-state index in [2.05, 4.69) is 0 Å². The predicted molar refractivity (Wildman–Crippen MR) is 75.5 cm³/mol. The van der Waals surface area contributed by atoms with Gasteiger partial charge in [-0.3, -0.25) is 0 Å². The molecule has 1 fully saturated rings. The topological polar surface area (TPSA) is 38.7 Å². The molecule has 1 aliphatic heterocycles. The minimum Gasteiger partial charge on any atom is -0.497 e. The van der Waals surface area contributed by atoms with Crippen molar-refractivity contribution in [3.63, 3.8) is 0 Å². The van der Waals surface area contributed by atoms with Crippen LogP contribution in [0.2, 0.25) is 0 Å². The Morgan fingerprint density at radius 1 is 1.37 bits per heavy atom. The van der Waals surface area contributed by atoms with Crippen molar-refractivity contribution in [2.45, 2.75) is 50.7 Å². The third-order valence-corrected chi connectivity index (χ3v) is 3.72. The average molecular weight is 264 g/mol. The number of hydrogen-bond acceptors (Lipinski definition) is 3. The molecular weight excluding hydrogens is 240 g/mol. The van der Waals surface area contributed by atoms with E-state index in [0.29, 0.717) is 6.10 Å². The summed E-state index contributed by atoms with van der Waals surface area (Å²) in [6, 6.07) is 7.91. The second-order valence-electron chi connectivity index (χ2n) is 5.27. The molecule has 106 valence electrons. The Hall–Kier alpha value is -1.06. The summed E-state index contributed by atoms with van der Waals surface area (Å²) < 4.78 is 10.7. The first-order valence-electron chi connectivity index (χ1n) is 7.20. The number of benzene rings is 1. The van der Waals surface area contributed by atoms with Crippen LogP contribution in [0.4, 0.5) is 0 Å². The van der Waals surface area contributed by atoms with Gasteiger partial charge in [0.15, 0.2) is 0 Å². The molecule has 1 aromatic rings. The van der Waals surface area contributed by atoms with Gasteiger partial charge >= 0.3 is 0 Å². The molecule has 0 spiro atoms. The van der Waals surface area contributed by atoms with E-state index in [0.717, 1.165) is 43.6 Å². The number of aliphatic hydroxyl groups excluding tert-OH is 1. The Morgan fingerprint density at radius 3 is 2.79 bits per heavy atom. The number of hydrogen-bond donors (Lipinski definition) is 1. The van der Waals surface area contributed by atoms with Crippen LogP contribution in [0.15, 0.2) is 24.3 Å². The second kappa shape index (κ2) is 7.51. The fourth-order valence-corrected chi connectivity index (χ4v) is 2.59. The van der Waals surface area contributed by atoms with Crippen LogP contribution in [0.25, 0.3) is 0 Å². The molecule has 2 atom stereocenters. The molecule has 0 aliphatic carbocycles. The Labute approximate surface area is 115 Å². The molecule has 1 N–H and O–H groups in total. The Balaban J connectivity index is 1.66. The van der Waals surface area contributed by atoms with Gasteiger partial charge in [0, 0.05) is 6.61 Å². The molecule has 0 amide bonds. The summed E-state index contributed by atoms with van der Waals surface area (Å²) in [6.45, 7) is 0.916. The highest BCUT2D eigenvalue weighted by Gasteiger charge is 2.15. The standard InChI is InChI=1S/C16H24O3/c1-18-15-9-7-13(8-10-15)12-14(17)4-2-5-16-6-3-11-19-16/h7-10,14,16-17H,2-6,11-12H2,1H3. The van der Waals surface area contributed by atoms with Gasteiger partial charge in [0.05, 0.1) is 19.3 Å². The molecule has 3 nitrogen and oxygen atoms in total. The van der Waals surface area contributed by atoms with Crippen LogP contribution in [0.1, 0.15) is 37.7 Å². The van der Waals surface area contributed by atoms with Crippen molar-refractivity contribution in [3.05, 3.63) is 29.8 Å². The predicted octanol–water partition coefficient (Wildman–Crippen LogP) is 2.95. The molecule has 0 saturated carbocycles. The molecule has 0 bridgehead atoms. The van der Waals surface area contributed by atoms with Crippen molar-refractivity contribution >= 4 is 0 Å². The van der Waals surface area contributed by atoms with Crippen LogP contribution in [-0.2, 0) is 11.2 Å². The molecule has 3 heteroatoms. The van der Waals surface area contributed by atoms with Gasteiger partial charge in [0.25, 0.3) is 0 Å². The van der Waals surface area contributed by atoms with E-state index < -0.39 is 0 Å². The van der Waals surface area contributed by atoms with Crippen LogP contribution in [0, 0.1) is 0 Å². The summed E-state index contributed by atoms with van der Waals surface area (Å²) in [5, 5.41) is 10.0. The summed E-state index contributed by atoms with van der Waals surface area (Å²) in [7, 11) is 1.66. The largest absolute Gasteiger partial charge is 0.497 e. The quantitative estimate of drug-likeness (QED) is 0.823. The monoisotopic (exact) mass is 264 g/mol. The van der Waals surface area contributed by atoms with Gasteiger partial charge in [-0.05, 0) is 56.2 Å². The molecule has 0 radical (unpaired) electrons. The van der Waals surface area contributed by atoms with Gasteiger partial charge in [0.2, 0.25) is 0 Å². The van der Waals surface area contributed by atoms with Crippen LogP contribution in [-0.4, -0.2) is 31.0 Å². The number of rotatable bonds is 7. The van der Waals surface area contributed by atoms with E-state index >= 15 is 0 Å². The van der Waals surface area contributed by atoms with Gasteiger partial charge in [-0.25, -0.2) is 0 Å². The number of methoxy groups -OCH3 is 1. The lowest BCUT2D eigenvalue weighted by Gasteiger charge is -2.13. The van der Waals surface area contributed by atoms with Gasteiger partial charge in [-0.2, -0.15) is 0 Å². The van der Waals surface area contributed by atoms with Gasteiger partial charge in [-0.15, -0.1) is 0 Å². The molecule has 2 unspecified atom stereocenters. The summed E-state index contributed by atoms with van der Waals surface area (Å²) >= 11 is 0. The normalized spacial score (nSPS) is 20.4. The van der Waals surface area contributed by atoms with Crippen molar-refractivity contribution in [1.82, 2.24) is 0 Å².